The van der Waals surface area contributed by atoms with Crippen LogP contribution in [0.25, 0.3) is 0 Å². The van der Waals surface area contributed by atoms with Crippen LogP contribution in [0.5, 0.6) is 0 Å². The largest absolute Gasteiger partial charge is 0.354 e. The molecule has 1 aliphatic heterocycles. The smallest absolute Gasteiger partial charge is 0.267 e. The van der Waals surface area contributed by atoms with Crippen molar-refractivity contribution >= 4 is 25.6 Å². The molecule has 214 valence electrons. The van der Waals surface area contributed by atoms with E-state index in [1.165, 1.54) is 86.2 Å². The van der Waals surface area contributed by atoms with Gasteiger partial charge in [-0.25, -0.2) is 16.8 Å². The molecule has 5 rings (SSSR count). The Morgan fingerprint density at radius 2 is 1.38 bits per heavy atom. The number of carbonyl (C=O) groups is 1. The van der Waals surface area contributed by atoms with Gasteiger partial charge >= 0.3 is 0 Å². The lowest BCUT2D eigenvalue weighted by molar-refractivity contribution is 0.0946. The molecule has 0 atom stereocenters. The first kappa shape index (κ1) is 28.6. The third-order valence-electron chi connectivity index (χ3n) is 8.26. The van der Waals surface area contributed by atoms with Crippen LogP contribution in [0.2, 0.25) is 0 Å². The minimum Gasteiger partial charge on any atom is -0.354 e. The van der Waals surface area contributed by atoms with Crippen molar-refractivity contribution in [3.8, 4) is 0 Å². The predicted molar refractivity (Wildman–Crippen MR) is 154 cm³/mol. The van der Waals surface area contributed by atoms with Gasteiger partial charge in [-0.15, -0.1) is 0 Å². The molecule has 1 saturated carbocycles. The van der Waals surface area contributed by atoms with E-state index in [1.54, 1.807) is 12.1 Å². The molecule has 1 aliphatic carbocycles. The SMILES string of the molecule is CS(=O)(=O)c1ccc(S(=O)(=O)c2ccc(CNC(=O)c3cc4c([nH]3)C3(CCCCCCCC3)CNC4)cc2)cc1. The van der Waals surface area contributed by atoms with Crippen LogP contribution in [0, 0.1) is 0 Å². The fourth-order valence-electron chi connectivity index (χ4n) is 6.01. The Morgan fingerprint density at radius 1 is 0.825 bits per heavy atom. The maximum absolute atomic E-state index is 13.1. The number of amides is 1. The number of aromatic amines is 1. The van der Waals surface area contributed by atoms with Crippen LogP contribution in [0.4, 0.5) is 0 Å². The lowest BCUT2D eigenvalue weighted by Crippen LogP contribution is -2.43. The molecule has 0 bridgehead atoms. The first-order valence-corrected chi connectivity index (χ1v) is 17.3. The number of hydrogen-bond acceptors (Lipinski definition) is 6. The van der Waals surface area contributed by atoms with E-state index in [0.29, 0.717) is 5.69 Å². The molecule has 2 heterocycles. The van der Waals surface area contributed by atoms with Crippen LogP contribution in [-0.4, -0.2) is 40.5 Å². The minimum atomic E-state index is -3.81. The quantitative estimate of drug-likeness (QED) is 0.388. The van der Waals surface area contributed by atoms with Crippen LogP contribution in [0.3, 0.4) is 0 Å². The van der Waals surface area contributed by atoms with E-state index in [4.69, 9.17) is 0 Å². The Labute approximate surface area is 236 Å². The highest BCUT2D eigenvalue weighted by molar-refractivity contribution is 7.91. The Hall–Kier alpha value is -2.95. The summed E-state index contributed by atoms with van der Waals surface area (Å²) in [6.45, 7) is 1.96. The first-order chi connectivity index (χ1) is 19.1. The van der Waals surface area contributed by atoms with Crippen molar-refractivity contribution in [2.24, 2.45) is 0 Å². The van der Waals surface area contributed by atoms with Gasteiger partial charge in [-0.3, -0.25) is 4.79 Å². The summed E-state index contributed by atoms with van der Waals surface area (Å²) in [6.07, 6.45) is 10.9. The van der Waals surface area contributed by atoms with Gasteiger partial charge in [0.05, 0.1) is 14.7 Å². The van der Waals surface area contributed by atoms with E-state index < -0.39 is 19.7 Å². The van der Waals surface area contributed by atoms with Crippen molar-refractivity contribution in [1.82, 2.24) is 15.6 Å². The van der Waals surface area contributed by atoms with Crippen LogP contribution in [-0.2, 0) is 38.2 Å². The van der Waals surface area contributed by atoms with Crippen molar-refractivity contribution in [3.63, 3.8) is 0 Å². The summed E-state index contributed by atoms with van der Waals surface area (Å²) in [5.41, 5.74) is 3.78. The number of nitrogens with one attached hydrogen (secondary N) is 3. The molecule has 40 heavy (non-hydrogen) atoms. The molecule has 1 spiro atoms. The van der Waals surface area contributed by atoms with Gasteiger partial charge in [0.15, 0.2) is 9.84 Å². The standard InChI is InChI=1S/C30H37N3O5S2/c1-39(35,36)24-12-14-26(15-13-24)40(37,38)25-10-8-22(9-11-25)19-32-29(34)27-18-23-20-31-21-30(28(23)33-27)16-6-4-2-3-5-7-17-30/h8-15,18,31,33H,2-7,16-17,19-21H2,1H3,(H,32,34). The summed E-state index contributed by atoms with van der Waals surface area (Å²) >= 11 is 0. The summed E-state index contributed by atoms with van der Waals surface area (Å²) in [6, 6.07) is 13.5. The molecule has 1 aromatic heterocycles. The molecule has 0 radical (unpaired) electrons. The predicted octanol–water partition coefficient (Wildman–Crippen LogP) is 4.66. The second kappa shape index (κ2) is 11.5. The molecule has 3 aromatic rings. The van der Waals surface area contributed by atoms with E-state index in [-0.39, 0.29) is 32.6 Å². The van der Waals surface area contributed by atoms with Crippen molar-refractivity contribution in [2.45, 2.75) is 84.6 Å². The molecule has 3 N–H and O–H groups in total. The van der Waals surface area contributed by atoms with Gasteiger partial charge < -0.3 is 15.6 Å². The normalized spacial score (nSPS) is 17.8. The molecular weight excluding hydrogens is 546 g/mol. The van der Waals surface area contributed by atoms with Gasteiger partial charge in [0, 0.05) is 37.0 Å². The summed E-state index contributed by atoms with van der Waals surface area (Å²) in [4.78, 5) is 16.8. The number of benzene rings is 2. The van der Waals surface area contributed by atoms with Crippen molar-refractivity contribution in [2.75, 3.05) is 12.8 Å². The maximum Gasteiger partial charge on any atom is 0.267 e. The zero-order valence-electron chi connectivity index (χ0n) is 22.8. The van der Waals surface area contributed by atoms with Gasteiger partial charge in [-0.2, -0.15) is 0 Å². The molecule has 10 heteroatoms. The van der Waals surface area contributed by atoms with E-state index >= 15 is 0 Å². The number of aromatic nitrogens is 1. The average molecular weight is 584 g/mol. The van der Waals surface area contributed by atoms with Gasteiger partial charge in [-0.05, 0) is 66.4 Å². The number of fused-ring (bicyclic) bond motifs is 2. The topological polar surface area (TPSA) is 125 Å². The summed E-state index contributed by atoms with van der Waals surface area (Å²) in [5, 5.41) is 6.55. The summed E-state index contributed by atoms with van der Waals surface area (Å²) in [5.74, 6) is -0.185. The van der Waals surface area contributed by atoms with Crippen LogP contribution < -0.4 is 10.6 Å². The second-order valence-electron chi connectivity index (χ2n) is 11.2. The Balaban J connectivity index is 1.25. The molecule has 0 unspecified atom stereocenters. The zero-order valence-corrected chi connectivity index (χ0v) is 24.5. The van der Waals surface area contributed by atoms with E-state index in [9.17, 15) is 21.6 Å². The fraction of sp³-hybridized carbons (Fsp3) is 0.433. The minimum absolute atomic E-state index is 0.0174. The number of carbonyl (C=O) groups excluding carboxylic acids is 1. The average Bonchev–Trinajstić information content (AvgIpc) is 3.42. The third-order valence-corrected chi connectivity index (χ3v) is 11.2. The fourth-order valence-corrected chi connectivity index (χ4v) is 7.90. The summed E-state index contributed by atoms with van der Waals surface area (Å²) in [7, 11) is -7.22. The molecule has 0 saturated heterocycles. The van der Waals surface area contributed by atoms with Crippen LogP contribution in [0.15, 0.2) is 69.3 Å². The molecule has 8 nitrogen and oxygen atoms in total. The summed E-state index contributed by atoms with van der Waals surface area (Å²) < 4.78 is 49.4. The van der Waals surface area contributed by atoms with Crippen molar-refractivity contribution < 1.29 is 21.6 Å². The van der Waals surface area contributed by atoms with Crippen LogP contribution >= 0.6 is 0 Å². The third kappa shape index (κ3) is 6.04. The second-order valence-corrected chi connectivity index (χ2v) is 15.1. The number of sulfone groups is 2. The monoisotopic (exact) mass is 583 g/mol. The first-order valence-electron chi connectivity index (χ1n) is 13.9. The van der Waals surface area contributed by atoms with Gasteiger partial charge in [0.1, 0.15) is 5.69 Å². The van der Waals surface area contributed by atoms with Gasteiger partial charge in [0.2, 0.25) is 9.84 Å². The van der Waals surface area contributed by atoms with Crippen molar-refractivity contribution in [1.29, 1.82) is 0 Å². The lowest BCUT2D eigenvalue weighted by atomic mass is 9.73. The molecule has 2 aliphatic rings. The van der Waals surface area contributed by atoms with Gasteiger partial charge in [-0.1, -0.05) is 50.7 Å². The Morgan fingerprint density at radius 3 is 1.98 bits per heavy atom. The molecule has 1 amide bonds. The zero-order chi connectivity index (χ0) is 28.4. The number of hydrogen-bond donors (Lipinski definition) is 3. The lowest BCUT2D eigenvalue weighted by Gasteiger charge is -2.38. The molecule has 1 fully saturated rings. The van der Waals surface area contributed by atoms with E-state index in [2.05, 4.69) is 15.6 Å². The number of H-pyrrole nitrogens is 1. The molecular formula is C30H37N3O5S2. The Kier molecular flexibility index (Phi) is 8.22. The van der Waals surface area contributed by atoms with Crippen LogP contribution in [0.1, 0.15) is 78.7 Å². The highest BCUT2D eigenvalue weighted by Crippen LogP contribution is 2.40. The highest BCUT2D eigenvalue weighted by Gasteiger charge is 2.38. The molecule has 2 aromatic carbocycles. The van der Waals surface area contributed by atoms with E-state index in [1.807, 2.05) is 6.07 Å². The van der Waals surface area contributed by atoms with Gasteiger partial charge in [0.25, 0.3) is 5.91 Å². The van der Waals surface area contributed by atoms with Crippen molar-refractivity contribution in [3.05, 3.63) is 77.1 Å². The highest BCUT2D eigenvalue weighted by atomic mass is 32.2. The number of rotatable bonds is 6. The maximum atomic E-state index is 13.1. The Bertz CT molecular complexity index is 1560. The van der Waals surface area contributed by atoms with E-state index in [0.717, 1.165) is 37.8 Å².